The van der Waals surface area contributed by atoms with Gasteiger partial charge in [-0.25, -0.2) is 5.01 Å². The largest absolute Gasteiger partial charge is 0.481 e. The first-order valence-corrected chi connectivity index (χ1v) is 12.8. The van der Waals surface area contributed by atoms with Crippen LogP contribution in [0.4, 0.5) is 0 Å². The first-order valence-electron chi connectivity index (χ1n) is 11.7. The van der Waals surface area contributed by atoms with E-state index in [0.29, 0.717) is 43.0 Å². The van der Waals surface area contributed by atoms with Crippen LogP contribution >= 0.6 is 34.8 Å². The molecule has 1 amide bonds. The van der Waals surface area contributed by atoms with Gasteiger partial charge in [-0.2, -0.15) is 5.10 Å². The molecule has 0 spiro atoms. The highest BCUT2D eigenvalue weighted by Gasteiger charge is 2.36. The van der Waals surface area contributed by atoms with Crippen LogP contribution in [0.5, 0.6) is 0 Å². The van der Waals surface area contributed by atoms with Crippen molar-refractivity contribution in [1.82, 2.24) is 9.99 Å². The van der Waals surface area contributed by atoms with Gasteiger partial charge in [-0.1, -0.05) is 71.2 Å². The molecule has 0 saturated carbocycles. The van der Waals surface area contributed by atoms with Crippen LogP contribution in [0.25, 0.3) is 22.0 Å². The van der Waals surface area contributed by atoms with E-state index in [1.54, 1.807) is 36.4 Å². The van der Waals surface area contributed by atoms with E-state index >= 15 is 0 Å². The second kappa shape index (κ2) is 10.6. The average molecular weight is 569 g/mol. The molecule has 5 rings (SSSR count). The second-order valence-electron chi connectivity index (χ2n) is 8.82. The van der Waals surface area contributed by atoms with Crippen molar-refractivity contribution < 1.29 is 14.7 Å². The summed E-state index contributed by atoms with van der Waals surface area (Å²) < 4.78 is 0. The molecule has 1 aromatic heterocycles. The van der Waals surface area contributed by atoms with Crippen molar-refractivity contribution in [2.24, 2.45) is 5.10 Å². The molecule has 0 aliphatic carbocycles. The van der Waals surface area contributed by atoms with E-state index in [0.717, 1.165) is 10.9 Å². The number of fused-ring (bicyclic) bond motifs is 1. The molecule has 38 heavy (non-hydrogen) atoms. The summed E-state index contributed by atoms with van der Waals surface area (Å²) in [4.78, 5) is 40.8. The molecule has 1 unspecified atom stereocenters. The lowest BCUT2D eigenvalue weighted by Crippen LogP contribution is -2.27. The zero-order valence-electron chi connectivity index (χ0n) is 19.7. The first kappa shape index (κ1) is 26.0. The standard InChI is InChI=1S/C28H20Cl3N3O4/c29-16-7-9-21-19(12-16)26(15-4-2-1-3-5-15)27(28(38)32-21)22-14-23(18-8-6-17(30)13-20(18)31)34(33-22)24(35)10-11-25(36)37/h1-9,12-13,23H,10-11,14H2,(H,32,38)(H,36,37). The number of nitrogens with zero attached hydrogens (tertiary/aromatic N) is 2. The Morgan fingerprint density at radius 2 is 1.66 bits per heavy atom. The number of carbonyl (C=O) groups is 2. The van der Waals surface area contributed by atoms with Gasteiger partial charge in [0.2, 0.25) is 5.91 Å². The SMILES string of the molecule is O=C(O)CCC(=O)N1N=C(c2c(-c3ccccc3)c3cc(Cl)ccc3[nH]c2=O)CC1c1ccc(Cl)cc1Cl. The molecule has 0 radical (unpaired) electrons. The molecule has 10 heteroatoms. The number of halogens is 3. The number of carbonyl (C=O) groups excluding carboxylic acids is 1. The minimum absolute atomic E-state index is 0.176. The number of carboxylic acid groups (broad SMARTS) is 1. The fraction of sp³-hybridized carbons (Fsp3) is 0.143. The first-order chi connectivity index (χ1) is 18.2. The van der Waals surface area contributed by atoms with E-state index in [1.165, 1.54) is 5.01 Å². The van der Waals surface area contributed by atoms with Gasteiger partial charge in [0.15, 0.2) is 0 Å². The predicted molar refractivity (Wildman–Crippen MR) is 149 cm³/mol. The molecule has 7 nitrogen and oxygen atoms in total. The van der Waals surface area contributed by atoms with Crippen LogP contribution in [-0.2, 0) is 9.59 Å². The molecular formula is C28H20Cl3N3O4. The molecule has 2 N–H and O–H groups in total. The Bertz CT molecular complexity index is 1670. The fourth-order valence-corrected chi connectivity index (χ4v) is 5.39. The highest BCUT2D eigenvalue weighted by molar-refractivity contribution is 6.35. The van der Waals surface area contributed by atoms with Gasteiger partial charge in [-0.15, -0.1) is 0 Å². The topological polar surface area (TPSA) is 103 Å². The predicted octanol–water partition coefficient (Wildman–Crippen LogP) is 6.70. The molecule has 192 valence electrons. The Labute approximate surface area is 232 Å². The van der Waals surface area contributed by atoms with Crippen LogP contribution in [-0.4, -0.2) is 32.7 Å². The zero-order chi connectivity index (χ0) is 27.0. The number of hydrogen-bond acceptors (Lipinski definition) is 4. The smallest absolute Gasteiger partial charge is 0.303 e. The van der Waals surface area contributed by atoms with E-state index in [4.69, 9.17) is 39.9 Å². The van der Waals surface area contributed by atoms with Crippen molar-refractivity contribution in [3.63, 3.8) is 0 Å². The molecule has 4 aromatic rings. The van der Waals surface area contributed by atoms with Crippen LogP contribution in [0, 0.1) is 0 Å². The highest BCUT2D eigenvalue weighted by Crippen LogP contribution is 2.40. The number of aromatic amines is 1. The minimum Gasteiger partial charge on any atom is -0.481 e. The van der Waals surface area contributed by atoms with Gasteiger partial charge in [-0.05, 0) is 41.5 Å². The number of rotatable bonds is 6. The Hall–Kier alpha value is -3.65. The van der Waals surface area contributed by atoms with E-state index in [-0.39, 0.29) is 24.8 Å². The number of hydrazone groups is 1. The lowest BCUT2D eigenvalue weighted by atomic mass is 9.91. The summed E-state index contributed by atoms with van der Waals surface area (Å²) >= 11 is 18.9. The Morgan fingerprint density at radius 1 is 0.947 bits per heavy atom. The lowest BCUT2D eigenvalue weighted by Gasteiger charge is -2.23. The monoisotopic (exact) mass is 567 g/mol. The van der Waals surface area contributed by atoms with Crippen LogP contribution in [0.3, 0.4) is 0 Å². The van der Waals surface area contributed by atoms with Gasteiger partial charge >= 0.3 is 5.97 Å². The normalized spacial score (nSPS) is 15.1. The Kier molecular flexibility index (Phi) is 7.25. The summed E-state index contributed by atoms with van der Waals surface area (Å²) in [6.45, 7) is 0. The Balaban J connectivity index is 1.71. The summed E-state index contributed by atoms with van der Waals surface area (Å²) in [7, 11) is 0. The van der Waals surface area contributed by atoms with Crippen molar-refractivity contribution >= 4 is 63.3 Å². The van der Waals surface area contributed by atoms with Crippen LogP contribution in [0.1, 0.15) is 36.4 Å². The fourth-order valence-electron chi connectivity index (χ4n) is 4.68. The molecule has 2 heterocycles. The summed E-state index contributed by atoms with van der Waals surface area (Å²) in [6, 6.07) is 18.9. The molecule has 0 saturated heterocycles. The number of benzene rings is 3. The quantitative estimate of drug-likeness (QED) is 0.270. The average Bonchev–Trinajstić information content (AvgIpc) is 3.32. The summed E-state index contributed by atoms with van der Waals surface area (Å²) in [5.74, 6) is -1.60. The van der Waals surface area contributed by atoms with Crippen molar-refractivity contribution in [1.29, 1.82) is 0 Å². The van der Waals surface area contributed by atoms with Crippen molar-refractivity contribution in [2.45, 2.75) is 25.3 Å². The number of H-pyrrole nitrogens is 1. The van der Waals surface area contributed by atoms with Gasteiger partial charge in [0.25, 0.3) is 5.56 Å². The number of carboxylic acids is 1. The second-order valence-corrected chi connectivity index (χ2v) is 10.1. The molecule has 1 atom stereocenters. The molecule has 1 aliphatic heterocycles. The van der Waals surface area contributed by atoms with Crippen molar-refractivity contribution in [3.05, 3.63) is 103 Å². The van der Waals surface area contributed by atoms with E-state index in [2.05, 4.69) is 10.1 Å². The maximum Gasteiger partial charge on any atom is 0.303 e. The lowest BCUT2D eigenvalue weighted by molar-refractivity contribution is -0.141. The van der Waals surface area contributed by atoms with Gasteiger partial charge in [0.1, 0.15) is 0 Å². The van der Waals surface area contributed by atoms with E-state index < -0.39 is 17.9 Å². The van der Waals surface area contributed by atoms with Crippen LogP contribution in [0.2, 0.25) is 15.1 Å². The summed E-state index contributed by atoms with van der Waals surface area (Å²) in [6.07, 6.45) is -0.441. The molecule has 0 bridgehead atoms. The van der Waals surface area contributed by atoms with Gasteiger partial charge in [0.05, 0.1) is 23.7 Å². The third kappa shape index (κ3) is 5.05. The van der Waals surface area contributed by atoms with Gasteiger partial charge in [-0.3, -0.25) is 14.4 Å². The number of amides is 1. The number of aliphatic carboxylic acids is 1. The van der Waals surface area contributed by atoms with E-state index in [1.807, 2.05) is 30.3 Å². The van der Waals surface area contributed by atoms with Crippen molar-refractivity contribution in [3.8, 4) is 11.1 Å². The number of aromatic nitrogens is 1. The maximum absolute atomic E-state index is 13.6. The molecule has 0 fully saturated rings. The minimum atomic E-state index is -1.10. The highest BCUT2D eigenvalue weighted by atomic mass is 35.5. The van der Waals surface area contributed by atoms with Gasteiger partial charge in [0, 0.05) is 44.4 Å². The maximum atomic E-state index is 13.6. The number of nitrogens with one attached hydrogen (secondary N) is 1. The van der Waals surface area contributed by atoms with E-state index in [9.17, 15) is 14.4 Å². The molecule has 1 aliphatic rings. The van der Waals surface area contributed by atoms with Gasteiger partial charge < -0.3 is 10.1 Å². The van der Waals surface area contributed by atoms with Crippen LogP contribution in [0.15, 0.2) is 76.6 Å². The molecular weight excluding hydrogens is 549 g/mol. The van der Waals surface area contributed by atoms with Crippen LogP contribution < -0.4 is 5.56 Å². The summed E-state index contributed by atoms with van der Waals surface area (Å²) in [5, 5.41) is 16.9. The van der Waals surface area contributed by atoms with Crippen molar-refractivity contribution in [2.75, 3.05) is 0 Å². The third-order valence-electron chi connectivity index (χ3n) is 6.37. The number of hydrogen-bond donors (Lipinski definition) is 2. The zero-order valence-corrected chi connectivity index (χ0v) is 22.0. The Morgan fingerprint density at radius 3 is 2.37 bits per heavy atom. The third-order valence-corrected chi connectivity index (χ3v) is 7.16. The summed E-state index contributed by atoms with van der Waals surface area (Å²) in [5.41, 5.74) is 2.89. The number of pyridine rings is 1. The molecule has 3 aromatic carbocycles.